The van der Waals surface area contributed by atoms with Gasteiger partial charge in [-0.1, -0.05) is 182 Å². The van der Waals surface area contributed by atoms with Crippen molar-refractivity contribution in [3.05, 3.63) is 218 Å². The molecular weight excluding hydrogens is 857 g/mol. The molecule has 0 aliphatic heterocycles. The quantitative estimate of drug-likeness (QED) is 0.0938. The van der Waals surface area contributed by atoms with Gasteiger partial charge in [-0.15, -0.1) is 0 Å². The number of benzene rings is 13. The number of alkyl halides is 3. The van der Waals surface area contributed by atoms with Gasteiger partial charge in [-0.05, 0) is 178 Å². The molecule has 13 aromatic carbocycles. The fraction of sp³-hybridized carbons (Fsp3) is 0.0154. The molecule has 2 aliphatic carbocycles. The number of hydrogen-bond acceptors (Lipinski definition) is 0. The molecule has 0 bridgehead atoms. The second-order valence-electron chi connectivity index (χ2n) is 18.5. The minimum atomic E-state index is -4.45. The van der Waals surface area contributed by atoms with Gasteiger partial charge < -0.3 is 0 Å². The third-order valence-corrected chi connectivity index (χ3v) is 15.2. The summed E-state index contributed by atoms with van der Waals surface area (Å²) >= 11 is 0. The molecule has 4 heteroatoms. The van der Waals surface area contributed by atoms with Crippen LogP contribution in [0.3, 0.4) is 0 Å². The lowest BCUT2D eigenvalue weighted by atomic mass is 9.82. The van der Waals surface area contributed by atoms with Crippen LogP contribution in [-0.4, -0.2) is 0 Å². The van der Waals surface area contributed by atoms with E-state index in [-0.39, 0.29) is 5.82 Å². The van der Waals surface area contributed by atoms with E-state index in [4.69, 9.17) is 0 Å². The maximum atomic E-state index is 14.6. The van der Waals surface area contributed by atoms with Crippen molar-refractivity contribution >= 4 is 64.6 Å². The van der Waals surface area contributed by atoms with Gasteiger partial charge in [0.1, 0.15) is 5.82 Å². The summed E-state index contributed by atoms with van der Waals surface area (Å²) in [5.74, 6) is -0.269. The zero-order valence-corrected chi connectivity index (χ0v) is 36.6. The van der Waals surface area contributed by atoms with E-state index >= 15 is 0 Å². The van der Waals surface area contributed by atoms with Gasteiger partial charge in [0.15, 0.2) is 0 Å². The van der Waals surface area contributed by atoms with Gasteiger partial charge in [0, 0.05) is 0 Å². The lowest BCUT2D eigenvalue weighted by Crippen LogP contribution is -2.04. The third kappa shape index (κ3) is 5.13. The Morgan fingerprint density at radius 1 is 0.232 bits per heavy atom. The molecule has 0 atom stereocenters. The van der Waals surface area contributed by atoms with Crippen molar-refractivity contribution in [2.75, 3.05) is 0 Å². The maximum Gasteiger partial charge on any atom is 0.416 e. The average molecular weight is 891 g/mol. The maximum absolute atomic E-state index is 14.6. The molecule has 0 nitrogen and oxygen atoms in total. The molecule has 0 amide bonds. The van der Waals surface area contributed by atoms with Crippen LogP contribution in [0.1, 0.15) is 5.56 Å². The fourth-order valence-corrected chi connectivity index (χ4v) is 12.5. The number of fused-ring (bicyclic) bond motifs is 10. The predicted molar refractivity (Wildman–Crippen MR) is 278 cm³/mol. The van der Waals surface area contributed by atoms with Gasteiger partial charge in [-0.25, -0.2) is 4.39 Å². The average Bonchev–Trinajstić information content (AvgIpc) is 3.90. The molecule has 69 heavy (non-hydrogen) atoms. The Morgan fingerprint density at radius 3 is 0.841 bits per heavy atom. The highest BCUT2D eigenvalue weighted by Crippen LogP contribution is 2.63. The van der Waals surface area contributed by atoms with Gasteiger partial charge in [0.05, 0.1) is 5.56 Å². The summed E-state index contributed by atoms with van der Waals surface area (Å²) in [4.78, 5) is 0. The van der Waals surface area contributed by atoms with Gasteiger partial charge in [0.2, 0.25) is 0 Å². The number of halogens is 4. The first-order valence-corrected chi connectivity index (χ1v) is 23.3. The Kier molecular flexibility index (Phi) is 7.67. The highest BCUT2D eigenvalue weighted by atomic mass is 19.4. The number of rotatable bonds is 4. The molecule has 0 saturated heterocycles. The van der Waals surface area contributed by atoms with Gasteiger partial charge >= 0.3 is 6.18 Å². The smallest absolute Gasteiger partial charge is 0.207 e. The van der Waals surface area contributed by atoms with Crippen molar-refractivity contribution < 1.29 is 17.6 Å². The molecule has 0 saturated carbocycles. The van der Waals surface area contributed by atoms with Crippen LogP contribution < -0.4 is 0 Å². The predicted octanol–water partition coefficient (Wildman–Crippen LogP) is 19.2. The molecule has 0 fully saturated rings. The molecule has 322 valence electrons. The highest BCUT2D eigenvalue weighted by molar-refractivity contribution is 6.42. The van der Waals surface area contributed by atoms with Gasteiger partial charge in [-0.3, -0.25) is 0 Å². The van der Waals surface area contributed by atoms with E-state index in [9.17, 15) is 17.6 Å². The molecule has 0 unspecified atom stereocenters. The van der Waals surface area contributed by atoms with Crippen LogP contribution in [0.25, 0.3) is 154 Å². The summed E-state index contributed by atoms with van der Waals surface area (Å²) < 4.78 is 56.7. The Labute approximate surface area is 393 Å². The molecule has 0 spiro atoms. The Bertz CT molecular complexity index is 4340. The van der Waals surface area contributed by atoms with Crippen LogP contribution in [0.4, 0.5) is 17.6 Å². The first kappa shape index (κ1) is 38.5. The third-order valence-electron chi connectivity index (χ3n) is 15.2. The molecular formula is C65H34F4. The van der Waals surface area contributed by atoms with Crippen LogP contribution >= 0.6 is 0 Å². The summed E-state index contributed by atoms with van der Waals surface area (Å²) in [5, 5.41) is 13.7. The molecule has 0 heterocycles. The normalized spacial score (nSPS) is 12.6. The largest absolute Gasteiger partial charge is 0.416 e. The van der Waals surface area contributed by atoms with Crippen LogP contribution in [0.2, 0.25) is 0 Å². The van der Waals surface area contributed by atoms with Crippen molar-refractivity contribution in [3.63, 3.8) is 0 Å². The van der Waals surface area contributed by atoms with E-state index in [1.807, 2.05) is 30.3 Å². The molecule has 15 rings (SSSR count). The van der Waals surface area contributed by atoms with E-state index < -0.39 is 11.7 Å². The van der Waals surface area contributed by atoms with E-state index in [0.717, 1.165) is 121 Å². The van der Waals surface area contributed by atoms with Crippen molar-refractivity contribution in [3.8, 4) is 89.0 Å². The van der Waals surface area contributed by atoms with E-state index in [1.54, 1.807) is 24.3 Å². The molecule has 2 aliphatic rings. The summed E-state index contributed by atoms with van der Waals surface area (Å²) in [5.41, 5.74) is 16.6. The Hall–Kier alpha value is -8.60. The van der Waals surface area contributed by atoms with Crippen molar-refractivity contribution in [2.24, 2.45) is 0 Å². The van der Waals surface area contributed by atoms with Crippen molar-refractivity contribution in [1.82, 2.24) is 0 Å². The van der Waals surface area contributed by atoms with Crippen LogP contribution in [0.15, 0.2) is 206 Å². The first-order valence-electron chi connectivity index (χ1n) is 23.3. The monoisotopic (exact) mass is 890 g/mol. The summed E-state index contributed by atoms with van der Waals surface area (Å²) in [7, 11) is 0. The van der Waals surface area contributed by atoms with Crippen molar-refractivity contribution in [1.29, 1.82) is 0 Å². The lowest BCUT2D eigenvalue weighted by molar-refractivity contribution is -0.137. The summed E-state index contributed by atoms with van der Waals surface area (Å²) in [6.07, 6.45) is -4.45. The first-order chi connectivity index (χ1) is 33.8. The SMILES string of the molecule is Fc1ccc(-c2c3c(c(-c4ccccc4)c4ccccc24)-c2ccc4c5ccc6c7c(ccc(c8ccc-3c2c48)c75)-c2c-6c(-c3ccccc3)c3ccccc3c2-c2ccc(C(F)(F)F)cc2)cc1. The van der Waals surface area contributed by atoms with E-state index in [1.165, 1.54) is 45.0 Å². The zero-order chi connectivity index (χ0) is 45.9. The second-order valence-corrected chi connectivity index (χ2v) is 18.5. The van der Waals surface area contributed by atoms with Crippen LogP contribution in [0, 0.1) is 5.82 Å². The number of hydrogen-bond donors (Lipinski definition) is 0. The minimum absolute atomic E-state index is 0.269. The van der Waals surface area contributed by atoms with Gasteiger partial charge in [-0.2, -0.15) is 13.2 Å². The van der Waals surface area contributed by atoms with Crippen molar-refractivity contribution in [2.45, 2.75) is 6.18 Å². The standard InChI is InChI=1S/C65H34F4/c66-40-25-21-38(22-26-40)56-44-18-10-8-16-42(44)54(36-13-5-2-6-14-36)62-50-32-28-46-45-27-31-49-59-51(33-29-47(57(45)59)48-30-34-52(64(56)62)60(50)58(46)48)63-55(37-19-23-39(24-20-37)65(67,68)69)43-17-9-7-15-41(43)53(61(49)63)35-11-3-1-4-12-35/h1-34H. The molecule has 13 aromatic rings. The van der Waals surface area contributed by atoms with Gasteiger partial charge in [0.25, 0.3) is 0 Å². The second kappa shape index (κ2) is 13.7. The molecule has 0 aromatic heterocycles. The lowest BCUT2D eigenvalue weighted by Gasteiger charge is -2.20. The Balaban J connectivity index is 1.06. The summed E-state index contributed by atoms with van der Waals surface area (Å²) in [6.45, 7) is 0. The highest BCUT2D eigenvalue weighted by Gasteiger charge is 2.36. The molecule has 0 radical (unpaired) electrons. The zero-order valence-electron chi connectivity index (χ0n) is 36.6. The minimum Gasteiger partial charge on any atom is -0.207 e. The Morgan fingerprint density at radius 2 is 0.522 bits per heavy atom. The van der Waals surface area contributed by atoms with Crippen LogP contribution in [0.5, 0.6) is 0 Å². The molecule has 0 N–H and O–H groups in total. The van der Waals surface area contributed by atoms with E-state index in [2.05, 4.69) is 140 Å². The topological polar surface area (TPSA) is 0 Å². The van der Waals surface area contributed by atoms with Crippen LogP contribution in [-0.2, 0) is 6.18 Å². The summed E-state index contributed by atoms with van der Waals surface area (Å²) in [6, 6.07) is 69.0. The fourth-order valence-electron chi connectivity index (χ4n) is 12.5. The van der Waals surface area contributed by atoms with E-state index in [0.29, 0.717) is 0 Å².